The quantitative estimate of drug-likeness (QED) is 0.717. The Bertz CT molecular complexity index is 786. The average Bonchev–Trinajstić information content (AvgIpc) is 3.17. The number of nitrogens with zero attached hydrogens (tertiary/aromatic N) is 1. The number of hydrogen-bond acceptors (Lipinski definition) is 3. The minimum atomic E-state index is -3.04. The number of carbonyl (C=O) groups excluding carboxylic acids is 1. The Labute approximate surface area is 158 Å². The lowest BCUT2D eigenvalue weighted by Crippen LogP contribution is -2.46. The first-order chi connectivity index (χ1) is 11.9. The van der Waals surface area contributed by atoms with E-state index >= 15 is 0 Å². The lowest BCUT2D eigenvalue weighted by Gasteiger charge is -2.33. The fourth-order valence-electron chi connectivity index (χ4n) is 3.72. The van der Waals surface area contributed by atoms with E-state index in [4.69, 9.17) is 23.2 Å². The predicted molar refractivity (Wildman–Crippen MR) is 102 cm³/mol. The minimum absolute atomic E-state index is 0.0742. The maximum atomic E-state index is 12.9. The lowest BCUT2D eigenvalue weighted by molar-refractivity contribution is -0.130. The molecule has 1 atom stereocenters. The van der Waals surface area contributed by atoms with Gasteiger partial charge >= 0.3 is 0 Å². The topological polar surface area (TPSA) is 54.5 Å². The third-order valence-corrected chi connectivity index (χ3v) is 7.26. The maximum Gasteiger partial charge on any atom is 0.247 e. The largest absolute Gasteiger partial charge is 0.332 e. The fourth-order valence-corrected chi connectivity index (χ4v) is 5.90. The number of amides is 1. The summed E-state index contributed by atoms with van der Waals surface area (Å²) in [4.78, 5) is 14.7. The van der Waals surface area contributed by atoms with Crippen molar-refractivity contribution in [2.24, 2.45) is 0 Å². The monoisotopic (exact) mass is 401 g/mol. The van der Waals surface area contributed by atoms with Crippen LogP contribution < -0.4 is 0 Å². The summed E-state index contributed by atoms with van der Waals surface area (Å²) in [6, 6.07) is 5.03. The summed E-state index contributed by atoms with van der Waals surface area (Å²) in [6.45, 7) is 0. The van der Waals surface area contributed by atoms with Crippen molar-refractivity contribution in [3.8, 4) is 0 Å². The molecule has 2 aliphatic rings. The highest BCUT2D eigenvalue weighted by atomic mass is 35.5. The summed E-state index contributed by atoms with van der Waals surface area (Å²) >= 11 is 12.0. The molecule has 1 aliphatic carbocycles. The zero-order chi connectivity index (χ0) is 18.0. The molecule has 25 heavy (non-hydrogen) atoms. The van der Waals surface area contributed by atoms with Crippen molar-refractivity contribution in [2.75, 3.05) is 11.5 Å². The molecule has 0 spiro atoms. The van der Waals surface area contributed by atoms with Gasteiger partial charge in [0, 0.05) is 28.2 Å². The van der Waals surface area contributed by atoms with Crippen LogP contribution in [0.3, 0.4) is 0 Å². The summed E-state index contributed by atoms with van der Waals surface area (Å²) in [6.07, 6.45) is 7.75. The Balaban J connectivity index is 1.80. The summed E-state index contributed by atoms with van der Waals surface area (Å²) < 4.78 is 23.7. The number of benzene rings is 1. The lowest BCUT2D eigenvalue weighted by atomic mass is 10.1. The van der Waals surface area contributed by atoms with Gasteiger partial charge in [-0.15, -0.1) is 0 Å². The molecule has 1 amide bonds. The third-order valence-electron chi connectivity index (χ3n) is 4.94. The van der Waals surface area contributed by atoms with Gasteiger partial charge in [0.2, 0.25) is 5.91 Å². The van der Waals surface area contributed by atoms with Gasteiger partial charge in [-0.3, -0.25) is 4.79 Å². The van der Waals surface area contributed by atoms with Crippen molar-refractivity contribution in [1.82, 2.24) is 4.90 Å². The van der Waals surface area contributed by atoms with Crippen LogP contribution in [0.15, 0.2) is 24.3 Å². The van der Waals surface area contributed by atoms with Gasteiger partial charge in [0.15, 0.2) is 9.84 Å². The Morgan fingerprint density at radius 3 is 2.44 bits per heavy atom. The van der Waals surface area contributed by atoms with E-state index in [-0.39, 0.29) is 29.5 Å². The highest BCUT2D eigenvalue weighted by Crippen LogP contribution is 2.30. The van der Waals surface area contributed by atoms with Gasteiger partial charge in [-0.1, -0.05) is 42.1 Å². The van der Waals surface area contributed by atoms with Crippen molar-refractivity contribution >= 4 is 45.0 Å². The second-order valence-electron chi connectivity index (χ2n) is 6.74. The van der Waals surface area contributed by atoms with Crippen LogP contribution in [0.2, 0.25) is 10.0 Å². The van der Waals surface area contributed by atoms with Gasteiger partial charge in [0.1, 0.15) is 0 Å². The first-order valence-corrected chi connectivity index (χ1v) is 11.1. The number of halogens is 2. The van der Waals surface area contributed by atoms with Crippen molar-refractivity contribution < 1.29 is 13.2 Å². The van der Waals surface area contributed by atoms with Gasteiger partial charge in [-0.25, -0.2) is 8.42 Å². The third kappa shape index (κ3) is 4.57. The molecule has 136 valence electrons. The fraction of sp³-hybridized carbons (Fsp3) is 0.500. The molecule has 1 unspecified atom stereocenters. The zero-order valence-corrected chi connectivity index (χ0v) is 16.2. The summed E-state index contributed by atoms with van der Waals surface area (Å²) in [5, 5.41) is 1.02. The molecular weight excluding hydrogens is 381 g/mol. The smallest absolute Gasteiger partial charge is 0.247 e. The highest BCUT2D eigenvalue weighted by Gasteiger charge is 2.38. The van der Waals surface area contributed by atoms with E-state index in [1.54, 1.807) is 29.2 Å². The van der Waals surface area contributed by atoms with Crippen LogP contribution in [-0.4, -0.2) is 42.8 Å². The van der Waals surface area contributed by atoms with E-state index in [9.17, 15) is 13.2 Å². The van der Waals surface area contributed by atoms with E-state index in [1.807, 2.05) is 0 Å². The first kappa shape index (κ1) is 18.7. The Kier molecular flexibility index (Phi) is 5.76. The van der Waals surface area contributed by atoms with E-state index < -0.39 is 9.84 Å². The number of hydrogen-bond donors (Lipinski definition) is 0. The molecule has 3 rings (SSSR count). The number of sulfone groups is 1. The van der Waals surface area contributed by atoms with Crippen LogP contribution in [0.5, 0.6) is 0 Å². The molecule has 1 aliphatic heterocycles. The molecule has 1 saturated carbocycles. The Morgan fingerprint density at radius 2 is 1.84 bits per heavy atom. The SMILES string of the molecule is O=C(/C=C/c1ccc(Cl)cc1Cl)N(C1CCCC1)C1CCS(=O)(=O)C1. The first-order valence-electron chi connectivity index (χ1n) is 8.51. The number of carbonyl (C=O) groups is 1. The van der Waals surface area contributed by atoms with E-state index in [2.05, 4.69) is 0 Å². The van der Waals surface area contributed by atoms with E-state index in [1.165, 1.54) is 6.08 Å². The van der Waals surface area contributed by atoms with Crippen molar-refractivity contribution in [2.45, 2.75) is 44.2 Å². The van der Waals surface area contributed by atoms with Crippen molar-refractivity contribution in [1.29, 1.82) is 0 Å². The summed E-state index contributed by atoms with van der Waals surface area (Å²) in [5.74, 6) is 0.103. The maximum absolute atomic E-state index is 12.9. The zero-order valence-electron chi connectivity index (χ0n) is 13.8. The van der Waals surface area contributed by atoms with Crippen molar-refractivity contribution in [3.63, 3.8) is 0 Å². The molecule has 4 nitrogen and oxygen atoms in total. The van der Waals surface area contributed by atoms with Gasteiger partial charge in [-0.2, -0.15) is 0 Å². The molecule has 1 aromatic rings. The van der Waals surface area contributed by atoms with E-state index in [0.717, 1.165) is 25.7 Å². The second-order valence-corrected chi connectivity index (χ2v) is 9.81. The second kappa shape index (κ2) is 7.68. The van der Waals surface area contributed by atoms with Gasteiger partial charge in [-0.05, 0) is 43.0 Å². The average molecular weight is 402 g/mol. The van der Waals surface area contributed by atoms with Crippen LogP contribution in [0.4, 0.5) is 0 Å². The van der Waals surface area contributed by atoms with Gasteiger partial charge in [0.05, 0.1) is 11.5 Å². The van der Waals surface area contributed by atoms with Gasteiger partial charge in [0.25, 0.3) is 0 Å². The normalized spacial score (nSPS) is 23.4. The molecule has 7 heteroatoms. The molecule has 0 aromatic heterocycles. The van der Waals surface area contributed by atoms with E-state index in [0.29, 0.717) is 22.0 Å². The Morgan fingerprint density at radius 1 is 1.12 bits per heavy atom. The van der Waals surface area contributed by atoms with Crippen LogP contribution in [0, 0.1) is 0 Å². The number of rotatable bonds is 4. The van der Waals surface area contributed by atoms with Gasteiger partial charge < -0.3 is 4.90 Å². The standard InChI is InChI=1S/C18H21Cl2NO3S/c19-14-7-5-13(17(20)11-14)6-8-18(22)21(15-3-1-2-4-15)16-9-10-25(23,24)12-16/h5-8,11,15-16H,1-4,9-10,12H2/b8-6+. The molecule has 0 radical (unpaired) electrons. The summed E-state index contributed by atoms with van der Waals surface area (Å²) in [5.41, 5.74) is 0.713. The molecule has 1 heterocycles. The van der Waals surface area contributed by atoms with Crippen LogP contribution in [0.1, 0.15) is 37.7 Å². The summed E-state index contributed by atoms with van der Waals surface area (Å²) in [7, 11) is -3.04. The van der Waals surface area contributed by atoms with Crippen LogP contribution in [0.25, 0.3) is 6.08 Å². The molecule has 1 aromatic carbocycles. The highest BCUT2D eigenvalue weighted by molar-refractivity contribution is 7.91. The molecule has 1 saturated heterocycles. The van der Waals surface area contributed by atoms with Crippen LogP contribution in [-0.2, 0) is 14.6 Å². The minimum Gasteiger partial charge on any atom is -0.332 e. The molecule has 0 N–H and O–H groups in total. The Hall–Kier alpha value is -1.04. The van der Waals surface area contributed by atoms with Crippen molar-refractivity contribution in [3.05, 3.63) is 39.9 Å². The molecular formula is C18H21Cl2NO3S. The predicted octanol–water partition coefficient (Wildman–Crippen LogP) is 3.96. The van der Waals surface area contributed by atoms with Crippen LogP contribution >= 0.6 is 23.2 Å². The molecule has 2 fully saturated rings. The molecule has 0 bridgehead atoms.